The number of para-hydroxylation sites is 2. The van der Waals surface area contributed by atoms with Crippen LogP contribution in [0.3, 0.4) is 0 Å². The molecule has 2 aliphatic rings. The van der Waals surface area contributed by atoms with E-state index < -0.39 is 22.1 Å². The van der Waals surface area contributed by atoms with Crippen molar-refractivity contribution in [2.45, 2.75) is 44.6 Å². The van der Waals surface area contributed by atoms with Crippen LogP contribution in [0.2, 0.25) is 0 Å². The molecule has 1 fully saturated rings. The number of hydrogen-bond donors (Lipinski definition) is 0. The molecule has 0 aliphatic carbocycles. The molecule has 1 saturated heterocycles. The van der Waals surface area contributed by atoms with Crippen molar-refractivity contribution in [1.29, 1.82) is 0 Å². The molecule has 8 nitrogen and oxygen atoms in total. The summed E-state index contributed by atoms with van der Waals surface area (Å²) >= 11 is 0. The molecule has 0 aromatic heterocycles. The highest BCUT2D eigenvalue weighted by molar-refractivity contribution is 7.89. The highest BCUT2D eigenvalue weighted by atomic mass is 32.2. The second kappa shape index (κ2) is 9.38. The summed E-state index contributed by atoms with van der Waals surface area (Å²) in [4.78, 5) is 27.5. The van der Waals surface area contributed by atoms with Crippen LogP contribution in [0.5, 0.6) is 5.75 Å². The van der Waals surface area contributed by atoms with Crippen molar-refractivity contribution in [2.24, 2.45) is 5.92 Å². The number of methoxy groups -OCH3 is 1. The van der Waals surface area contributed by atoms with E-state index in [1.54, 1.807) is 23.1 Å². The molecule has 4 rings (SSSR count). The molecule has 0 N–H and O–H groups in total. The van der Waals surface area contributed by atoms with E-state index >= 15 is 0 Å². The van der Waals surface area contributed by atoms with Crippen LogP contribution in [0, 0.1) is 26.7 Å². The molecule has 1 atom stereocenters. The number of piperidine rings is 1. The first-order valence-electron chi connectivity index (χ1n) is 11.4. The van der Waals surface area contributed by atoms with Gasteiger partial charge in [0, 0.05) is 19.0 Å². The lowest BCUT2D eigenvalue weighted by Gasteiger charge is -2.37. The molecule has 34 heavy (non-hydrogen) atoms. The molecule has 2 aromatic carbocycles. The van der Waals surface area contributed by atoms with Gasteiger partial charge in [0.05, 0.1) is 24.2 Å². The molecular weight excluding hydrogens is 456 g/mol. The second-order valence-electron chi connectivity index (χ2n) is 8.95. The number of sulfonamides is 1. The maximum absolute atomic E-state index is 13.5. The van der Waals surface area contributed by atoms with Crippen LogP contribution in [0.15, 0.2) is 41.3 Å². The normalized spacial score (nSPS) is 19.3. The molecule has 182 valence electrons. The predicted molar refractivity (Wildman–Crippen MR) is 127 cm³/mol. The standard InChI is InChI=1S/C25H30N2O6S/c1-16-13-17(2)23(18(3)14-16)34(30,31)26-11-9-19(10-12-26)24(28)27-15-22(25(29)32-4)33-21-8-6-5-7-20(21)27/h5-8,13-14,19,22H,9-12,15H2,1-4H3/t22-/m1/s1. The van der Waals surface area contributed by atoms with Crippen molar-refractivity contribution in [2.75, 3.05) is 31.6 Å². The van der Waals surface area contributed by atoms with Gasteiger partial charge in [-0.25, -0.2) is 13.2 Å². The van der Waals surface area contributed by atoms with Crippen LogP contribution in [0.25, 0.3) is 0 Å². The quantitative estimate of drug-likeness (QED) is 0.617. The maximum Gasteiger partial charge on any atom is 0.348 e. The Morgan fingerprint density at radius 3 is 2.26 bits per heavy atom. The van der Waals surface area contributed by atoms with Crippen LogP contribution in [-0.2, 0) is 24.3 Å². The average molecular weight is 487 g/mol. The number of carbonyl (C=O) groups is 2. The largest absolute Gasteiger partial charge is 0.475 e. The number of hydrogen-bond acceptors (Lipinski definition) is 6. The summed E-state index contributed by atoms with van der Waals surface area (Å²) in [5.74, 6) is -0.583. The Hall–Kier alpha value is -2.91. The molecule has 0 radical (unpaired) electrons. The first kappa shape index (κ1) is 24.2. The Morgan fingerprint density at radius 2 is 1.65 bits per heavy atom. The summed E-state index contributed by atoms with van der Waals surface area (Å²) in [6.45, 7) is 6.16. The third kappa shape index (κ3) is 4.42. The Balaban J connectivity index is 1.51. The summed E-state index contributed by atoms with van der Waals surface area (Å²) < 4.78 is 38.8. The van der Waals surface area contributed by atoms with Gasteiger partial charge in [-0.1, -0.05) is 29.8 Å². The van der Waals surface area contributed by atoms with E-state index in [2.05, 4.69) is 0 Å². The van der Waals surface area contributed by atoms with Crippen molar-refractivity contribution < 1.29 is 27.5 Å². The Bertz CT molecular complexity index is 1190. The maximum atomic E-state index is 13.5. The molecule has 0 saturated carbocycles. The topological polar surface area (TPSA) is 93.2 Å². The average Bonchev–Trinajstić information content (AvgIpc) is 2.81. The molecule has 2 heterocycles. The monoisotopic (exact) mass is 486 g/mol. The van der Waals surface area contributed by atoms with Gasteiger partial charge in [-0.3, -0.25) is 4.79 Å². The highest BCUT2D eigenvalue weighted by Crippen LogP contribution is 2.36. The van der Waals surface area contributed by atoms with E-state index in [1.807, 2.05) is 39.0 Å². The summed E-state index contributed by atoms with van der Waals surface area (Å²) in [5, 5.41) is 0. The van der Waals surface area contributed by atoms with Crippen molar-refractivity contribution >= 4 is 27.6 Å². The second-order valence-corrected chi connectivity index (χ2v) is 10.8. The van der Waals surface area contributed by atoms with E-state index in [4.69, 9.17) is 9.47 Å². The molecule has 0 unspecified atom stereocenters. The molecule has 1 amide bonds. The number of nitrogens with zero attached hydrogens (tertiary/aromatic N) is 2. The van der Waals surface area contributed by atoms with Crippen molar-refractivity contribution in [1.82, 2.24) is 4.31 Å². The molecule has 0 spiro atoms. The first-order chi connectivity index (χ1) is 16.1. The van der Waals surface area contributed by atoms with Gasteiger partial charge < -0.3 is 14.4 Å². The third-order valence-electron chi connectivity index (χ3n) is 6.51. The minimum Gasteiger partial charge on any atom is -0.475 e. The van der Waals surface area contributed by atoms with Gasteiger partial charge in [0.2, 0.25) is 22.0 Å². The molecule has 9 heteroatoms. The van der Waals surface area contributed by atoms with E-state index in [0.29, 0.717) is 29.2 Å². The first-order valence-corrected chi connectivity index (χ1v) is 12.8. The predicted octanol–water partition coefficient (Wildman–Crippen LogP) is 2.98. The van der Waals surface area contributed by atoms with Gasteiger partial charge in [-0.2, -0.15) is 4.31 Å². The number of anilines is 1. The zero-order chi connectivity index (χ0) is 24.6. The third-order valence-corrected chi connectivity index (χ3v) is 8.71. The molecule has 2 aromatic rings. The fraction of sp³-hybridized carbons (Fsp3) is 0.440. The van der Waals surface area contributed by atoms with Crippen LogP contribution >= 0.6 is 0 Å². The summed E-state index contributed by atoms with van der Waals surface area (Å²) in [6, 6.07) is 10.8. The molecule has 0 bridgehead atoms. The molecule has 2 aliphatic heterocycles. The fourth-order valence-corrected chi connectivity index (χ4v) is 6.84. The minimum atomic E-state index is -3.66. The van der Waals surface area contributed by atoms with Crippen LogP contribution in [0.4, 0.5) is 5.69 Å². The SMILES string of the molecule is COC(=O)[C@H]1CN(C(=O)C2CCN(S(=O)(=O)c3c(C)cc(C)cc3C)CC2)c2ccccc2O1. The van der Waals surface area contributed by atoms with Crippen molar-refractivity contribution in [3.8, 4) is 5.75 Å². The van der Waals surface area contributed by atoms with Gasteiger partial charge in [0.1, 0.15) is 5.75 Å². The van der Waals surface area contributed by atoms with E-state index in [1.165, 1.54) is 11.4 Å². The summed E-state index contributed by atoms with van der Waals surface area (Å²) in [5.41, 5.74) is 3.09. The van der Waals surface area contributed by atoms with E-state index in [-0.39, 0.29) is 31.5 Å². The zero-order valence-corrected chi connectivity index (χ0v) is 20.7. The summed E-state index contributed by atoms with van der Waals surface area (Å²) in [6.07, 6.45) is -0.0914. The number of rotatable bonds is 4. The lowest BCUT2D eigenvalue weighted by molar-refractivity contribution is -0.148. The van der Waals surface area contributed by atoms with Crippen molar-refractivity contribution in [3.05, 3.63) is 53.1 Å². The fourth-order valence-electron chi connectivity index (χ4n) is 4.96. The van der Waals surface area contributed by atoms with Crippen molar-refractivity contribution in [3.63, 3.8) is 0 Å². The highest BCUT2D eigenvalue weighted by Gasteiger charge is 2.39. The number of aryl methyl sites for hydroxylation is 3. The van der Waals surface area contributed by atoms with Gasteiger partial charge in [0.15, 0.2) is 0 Å². The van der Waals surface area contributed by atoms with Gasteiger partial charge in [-0.15, -0.1) is 0 Å². The summed E-state index contributed by atoms with van der Waals surface area (Å²) in [7, 11) is -2.38. The number of esters is 1. The lowest BCUT2D eigenvalue weighted by atomic mass is 9.95. The van der Waals surface area contributed by atoms with Gasteiger partial charge in [-0.05, 0) is 56.9 Å². The van der Waals surface area contributed by atoms with Crippen LogP contribution in [0.1, 0.15) is 29.5 Å². The Morgan fingerprint density at radius 1 is 1.03 bits per heavy atom. The molecular formula is C25H30N2O6S. The number of amides is 1. The minimum absolute atomic E-state index is 0.0583. The van der Waals surface area contributed by atoms with Crippen LogP contribution < -0.4 is 9.64 Å². The number of benzene rings is 2. The zero-order valence-electron chi connectivity index (χ0n) is 19.9. The number of fused-ring (bicyclic) bond motifs is 1. The number of carbonyl (C=O) groups excluding carboxylic acids is 2. The lowest BCUT2D eigenvalue weighted by Crippen LogP contribution is -2.51. The Labute approximate surface area is 200 Å². The van der Waals surface area contributed by atoms with Gasteiger partial charge in [0.25, 0.3) is 0 Å². The number of ether oxygens (including phenoxy) is 2. The van der Waals surface area contributed by atoms with E-state index in [0.717, 1.165) is 16.7 Å². The van der Waals surface area contributed by atoms with E-state index in [9.17, 15) is 18.0 Å². The van der Waals surface area contributed by atoms with Gasteiger partial charge >= 0.3 is 5.97 Å². The smallest absolute Gasteiger partial charge is 0.348 e. The Kier molecular flexibility index (Phi) is 6.69. The van der Waals surface area contributed by atoms with Crippen LogP contribution in [-0.4, -0.2) is 57.4 Å².